The number of hydrogen-bond acceptors (Lipinski definition) is 2. The summed E-state index contributed by atoms with van der Waals surface area (Å²) >= 11 is 0. The van der Waals surface area contributed by atoms with E-state index in [0.717, 1.165) is 12.8 Å². The SMILES string of the molecule is O=C(c1ccccc1)c1cccc(C(=O)N(CCc2ccccc2)CCc2ccccc2)c1. The Labute approximate surface area is 195 Å². The van der Waals surface area contributed by atoms with Crippen LogP contribution in [-0.4, -0.2) is 29.7 Å². The van der Waals surface area contributed by atoms with Gasteiger partial charge in [0.1, 0.15) is 0 Å². The number of nitrogens with zero attached hydrogens (tertiary/aromatic N) is 1. The molecule has 0 aromatic heterocycles. The molecule has 164 valence electrons. The number of ketones is 1. The zero-order chi connectivity index (χ0) is 22.9. The number of hydrogen-bond donors (Lipinski definition) is 0. The van der Waals surface area contributed by atoms with Crippen LogP contribution in [0.5, 0.6) is 0 Å². The smallest absolute Gasteiger partial charge is 0.253 e. The maximum absolute atomic E-state index is 13.5. The summed E-state index contributed by atoms with van der Waals surface area (Å²) in [5.74, 6) is -0.130. The molecule has 0 aliphatic rings. The fourth-order valence-corrected chi connectivity index (χ4v) is 3.86. The van der Waals surface area contributed by atoms with E-state index in [1.165, 1.54) is 11.1 Å². The van der Waals surface area contributed by atoms with Crippen molar-refractivity contribution in [3.8, 4) is 0 Å². The van der Waals surface area contributed by atoms with Crippen molar-refractivity contribution in [2.45, 2.75) is 12.8 Å². The molecule has 3 nitrogen and oxygen atoms in total. The number of amides is 1. The highest BCUT2D eigenvalue weighted by molar-refractivity contribution is 6.10. The Morgan fingerprint density at radius 2 is 0.970 bits per heavy atom. The zero-order valence-corrected chi connectivity index (χ0v) is 18.6. The first-order valence-corrected chi connectivity index (χ1v) is 11.3. The van der Waals surface area contributed by atoms with Crippen molar-refractivity contribution in [1.82, 2.24) is 4.90 Å². The lowest BCUT2D eigenvalue weighted by molar-refractivity contribution is 0.0759. The summed E-state index contributed by atoms with van der Waals surface area (Å²) in [6, 6.07) is 36.6. The molecule has 4 rings (SSSR count). The van der Waals surface area contributed by atoms with E-state index in [4.69, 9.17) is 0 Å². The van der Waals surface area contributed by atoms with Crippen LogP contribution in [0.25, 0.3) is 0 Å². The van der Waals surface area contributed by atoms with Crippen LogP contribution in [0.2, 0.25) is 0 Å². The lowest BCUT2D eigenvalue weighted by atomic mass is 10.0. The van der Waals surface area contributed by atoms with Crippen LogP contribution in [0.4, 0.5) is 0 Å². The molecule has 0 aliphatic heterocycles. The second kappa shape index (κ2) is 11.1. The Morgan fingerprint density at radius 3 is 1.52 bits per heavy atom. The van der Waals surface area contributed by atoms with Crippen molar-refractivity contribution in [2.75, 3.05) is 13.1 Å². The molecule has 4 aromatic carbocycles. The van der Waals surface area contributed by atoms with E-state index in [1.807, 2.05) is 59.5 Å². The Morgan fingerprint density at radius 1 is 0.515 bits per heavy atom. The van der Waals surface area contributed by atoms with E-state index in [9.17, 15) is 9.59 Å². The quantitative estimate of drug-likeness (QED) is 0.311. The van der Waals surface area contributed by atoms with E-state index in [2.05, 4.69) is 24.3 Å². The van der Waals surface area contributed by atoms with Gasteiger partial charge >= 0.3 is 0 Å². The summed E-state index contributed by atoms with van der Waals surface area (Å²) in [7, 11) is 0. The third-order valence-corrected chi connectivity index (χ3v) is 5.72. The summed E-state index contributed by atoms with van der Waals surface area (Å²) < 4.78 is 0. The van der Waals surface area contributed by atoms with E-state index in [-0.39, 0.29) is 11.7 Å². The second-order valence-electron chi connectivity index (χ2n) is 8.04. The number of rotatable bonds is 9. The molecule has 4 aromatic rings. The zero-order valence-electron chi connectivity index (χ0n) is 18.6. The summed E-state index contributed by atoms with van der Waals surface area (Å²) in [6.07, 6.45) is 1.56. The summed E-state index contributed by atoms with van der Waals surface area (Å²) in [6.45, 7) is 1.24. The van der Waals surface area contributed by atoms with Gasteiger partial charge in [-0.3, -0.25) is 9.59 Å². The highest BCUT2D eigenvalue weighted by atomic mass is 16.2. The van der Waals surface area contributed by atoms with Gasteiger partial charge in [0.05, 0.1) is 0 Å². The van der Waals surface area contributed by atoms with Crippen molar-refractivity contribution in [2.24, 2.45) is 0 Å². The van der Waals surface area contributed by atoms with Gasteiger partial charge in [0, 0.05) is 29.8 Å². The van der Waals surface area contributed by atoms with Crippen LogP contribution in [-0.2, 0) is 12.8 Å². The molecule has 0 fully saturated rings. The van der Waals surface area contributed by atoms with Gasteiger partial charge in [-0.15, -0.1) is 0 Å². The predicted molar refractivity (Wildman–Crippen MR) is 133 cm³/mol. The molecule has 0 unspecified atom stereocenters. The van der Waals surface area contributed by atoms with Gasteiger partial charge in [-0.2, -0.15) is 0 Å². The highest BCUT2D eigenvalue weighted by Gasteiger charge is 2.18. The Kier molecular flexibility index (Phi) is 7.44. The van der Waals surface area contributed by atoms with Crippen molar-refractivity contribution in [1.29, 1.82) is 0 Å². The summed E-state index contributed by atoms with van der Waals surface area (Å²) in [4.78, 5) is 28.3. The average molecular weight is 434 g/mol. The highest BCUT2D eigenvalue weighted by Crippen LogP contribution is 2.15. The van der Waals surface area contributed by atoms with Crippen molar-refractivity contribution in [3.05, 3.63) is 143 Å². The molecule has 0 heterocycles. The molecule has 0 N–H and O–H groups in total. The molecule has 33 heavy (non-hydrogen) atoms. The number of benzene rings is 4. The standard InChI is InChI=1S/C30H27NO2/c32-29(26-15-8-3-9-16-26)27-17-10-18-28(23-27)30(33)31(21-19-24-11-4-1-5-12-24)22-20-25-13-6-2-7-14-25/h1-18,23H,19-22H2. The van der Waals surface area contributed by atoms with Crippen molar-refractivity contribution >= 4 is 11.7 Å². The fraction of sp³-hybridized carbons (Fsp3) is 0.133. The van der Waals surface area contributed by atoms with E-state index < -0.39 is 0 Å². The molecule has 0 bridgehead atoms. The van der Waals surface area contributed by atoms with Crippen LogP contribution in [0.15, 0.2) is 115 Å². The largest absolute Gasteiger partial charge is 0.338 e. The molecule has 3 heteroatoms. The molecular weight excluding hydrogens is 406 g/mol. The lowest BCUT2D eigenvalue weighted by Gasteiger charge is -2.23. The van der Waals surface area contributed by atoms with Gasteiger partial charge in [-0.05, 0) is 36.1 Å². The third-order valence-electron chi connectivity index (χ3n) is 5.72. The summed E-state index contributed by atoms with van der Waals surface area (Å²) in [5.41, 5.74) is 4.08. The topological polar surface area (TPSA) is 37.4 Å². The molecule has 0 saturated carbocycles. The minimum atomic E-state index is -0.0784. The van der Waals surface area contributed by atoms with Gasteiger partial charge in [-0.1, -0.05) is 103 Å². The molecule has 0 aliphatic carbocycles. The molecule has 0 atom stereocenters. The van der Waals surface area contributed by atoms with Gasteiger partial charge in [0.15, 0.2) is 5.78 Å². The van der Waals surface area contributed by atoms with Crippen LogP contribution < -0.4 is 0 Å². The average Bonchev–Trinajstić information content (AvgIpc) is 2.89. The first-order valence-electron chi connectivity index (χ1n) is 11.3. The van der Waals surface area contributed by atoms with Crippen LogP contribution >= 0.6 is 0 Å². The Hall–Kier alpha value is -3.98. The fourth-order valence-electron chi connectivity index (χ4n) is 3.86. The molecule has 0 saturated heterocycles. The van der Waals surface area contributed by atoms with Crippen LogP contribution in [0, 0.1) is 0 Å². The van der Waals surface area contributed by atoms with E-state index in [1.54, 1.807) is 36.4 Å². The Balaban J connectivity index is 1.53. The van der Waals surface area contributed by atoms with Crippen LogP contribution in [0.1, 0.15) is 37.4 Å². The first kappa shape index (κ1) is 22.2. The Bertz CT molecular complexity index is 1140. The van der Waals surface area contributed by atoms with Gasteiger partial charge in [0.25, 0.3) is 5.91 Å². The predicted octanol–water partition coefficient (Wildman–Crippen LogP) is 5.85. The van der Waals surface area contributed by atoms with Gasteiger partial charge in [-0.25, -0.2) is 0 Å². The normalized spacial score (nSPS) is 10.5. The van der Waals surface area contributed by atoms with Gasteiger partial charge in [0.2, 0.25) is 0 Å². The van der Waals surface area contributed by atoms with Gasteiger partial charge < -0.3 is 4.90 Å². The molecule has 0 radical (unpaired) electrons. The van der Waals surface area contributed by atoms with Crippen LogP contribution in [0.3, 0.4) is 0 Å². The molecular formula is C30H27NO2. The maximum atomic E-state index is 13.5. The molecule has 1 amide bonds. The maximum Gasteiger partial charge on any atom is 0.253 e. The third kappa shape index (κ3) is 6.05. The first-order chi connectivity index (χ1) is 16.2. The lowest BCUT2D eigenvalue weighted by Crippen LogP contribution is -2.35. The minimum Gasteiger partial charge on any atom is -0.338 e. The van der Waals surface area contributed by atoms with E-state index >= 15 is 0 Å². The second-order valence-corrected chi connectivity index (χ2v) is 8.04. The number of carbonyl (C=O) groups excluding carboxylic acids is 2. The number of carbonyl (C=O) groups is 2. The minimum absolute atomic E-state index is 0.0513. The summed E-state index contributed by atoms with van der Waals surface area (Å²) in [5, 5.41) is 0. The van der Waals surface area contributed by atoms with E-state index in [0.29, 0.717) is 29.8 Å². The van der Waals surface area contributed by atoms with Crippen molar-refractivity contribution in [3.63, 3.8) is 0 Å². The van der Waals surface area contributed by atoms with Crippen molar-refractivity contribution < 1.29 is 9.59 Å². The monoisotopic (exact) mass is 433 g/mol. The molecule has 0 spiro atoms.